The van der Waals surface area contributed by atoms with Crippen LogP contribution in [0.15, 0.2) is 0 Å². The molecule has 1 aliphatic carbocycles. The third kappa shape index (κ3) is 1.80. The molecule has 20 heavy (non-hydrogen) atoms. The van der Waals surface area contributed by atoms with Gasteiger partial charge < -0.3 is 9.64 Å². The van der Waals surface area contributed by atoms with Crippen molar-refractivity contribution in [1.29, 1.82) is 5.26 Å². The van der Waals surface area contributed by atoms with Crippen LogP contribution in [-0.4, -0.2) is 30.5 Å². The molecule has 1 saturated heterocycles. The van der Waals surface area contributed by atoms with Gasteiger partial charge in [-0.15, -0.1) is 0 Å². The number of methoxy groups -OCH3 is 1. The molecule has 1 saturated carbocycles. The number of carbonyl (C=O) groups is 1. The Morgan fingerprint density at radius 2 is 2.50 bits per heavy atom. The molecule has 1 aliphatic heterocycles. The second-order valence-corrected chi connectivity index (χ2v) is 6.49. The highest BCUT2D eigenvalue weighted by atomic mass is 35.5. The van der Waals surface area contributed by atoms with Crippen LogP contribution in [0.5, 0.6) is 0 Å². The lowest BCUT2D eigenvalue weighted by molar-refractivity contribution is -0.152. The summed E-state index contributed by atoms with van der Waals surface area (Å²) >= 11 is 7.15. The predicted octanol–water partition coefficient (Wildman–Crippen LogP) is 2.45. The summed E-state index contributed by atoms with van der Waals surface area (Å²) in [6, 6.07) is 2.10. The lowest BCUT2D eigenvalue weighted by Gasteiger charge is -2.25. The standard InChI is InChI=1S/C13H14ClN3O2S/c1-19-12(18)13-4-2-3-8(13)6-17(7-13)11-9(5-15)10(14)16-20-11/h8H,2-4,6-7H2,1H3. The van der Waals surface area contributed by atoms with Crippen molar-refractivity contribution in [3.05, 3.63) is 10.7 Å². The van der Waals surface area contributed by atoms with Gasteiger partial charge >= 0.3 is 5.97 Å². The van der Waals surface area contributed by atoms with Gasteiger partial charge in [0.2, 0.25) is 0 Å². The monoisotopic (exact) mass is 311 g/mol. The van der Waals surface area contributed by atoms with Gasteiger partial charge in [-0.1, -0.05) is 18.0 Å². The number of hydrogen-bond donors (Lipinski definition) is 0. The SMILES string of the molecule is COC(=O)C12CCCC1CN(c1snc(Cl)c1C#N)C2. The minimum atomic E-state index is -0.419. The van der Waals surface area contributed by atoms with E-state index >= 15 is 0 Å². The number of nitriles is 1. The van der Waals surface area contributed by atoms with Crippen molar-refractivity contribution in [2.45, 2.75) is 19.3 Å². The van der Waals surface area contributed by atoms with Crippen LogP contribution in [0.25, 0.3) is 0 Å². The van der Waals surface area contributed by atoms with Crippen LogP contribution in [0.3, 0.4) is 0 Å². The Morgan fingerprint density at radius 3 is 3.20 bits per heavy atom. The number of halogens is 1. The summed E-state index contributed by atoms with van der Waals surface area (Å²) in [7, 11) is 1.44. The van der Waals surface area contributed by atoms with E-state index in [0.717, 1.165) is 30.8 Å². The first-order valence-electron chi connectivity index (χ1n) is 6.51. The van der Waals surface area contributed by atoms with Gasteiger partial charge in [-0.25, -0.2) is 0 Å². The molecule has 7 heteroatoms. The van der Waals surface area contributed by atoms with Crippen molar-refractivity contribution >= 4 is 34.1 Å². The predicted molar refractivity (Wildman–Crippen MR) is 75.8 cm³/mol. The van der Waals surface area contributed by atoms with Crippen LogP contribution in [0.2, 0.25) is 5.15 Å². The fourth-order valence-corrected chi connectivity index (χ4v) is 4.59. The Balaban J connectivity index is 1.93. The molecule has 1 aromatic rings. The number of fused-ring (bicyclic) bond motifs is 1. The van der Waals surface area contributed by atoms with E-state index in [2.05, 4.69) is 15.3 Å². The number of ether oxygens (including phenoxy) is 1. The summed E-state index contributed by atoms with van der Waals surface area (Å²) < 4.78 is 9.06. The molecule has 106 valence electrons. The van der Waals surface area contributed by atoms with E-state index in [1.54, 1.807) is 0 Å². The van der Waals surface area contributed by atoms with Gasteiger partial charge in [0.15, 0.2) is 5.15 Å². The fraction of sp³-hybridized carbons (Fsp3) is 0.615. The molecule has 0 radical (unpaired) electrons. The van der Waals surface area contributed by atoms with Gasteiger partial charge in [0.25, 0.3) is 0 Å². The van der Waals surface area contributed by atoms with E-state index in [1.807, 2.05) is 0 Å². The van der Waals surface area contributed by atoms with E-state index in [9.17, 15) is 10.1 Å². The average Bonchev–Trinajstić information content (AvgIpc) is 3.08. The number of rotatable bonds is 2. The summed E-state index contributed by atoms with van der Waals surface area (Å²) in [5, 5.41) is 10.2. The number of aromatic nitrogens is 1. The van der Waals surface area contributed by atoms with Gasteiger partial charge in [0.1, 0.15) is 16.6 Å². The molecule has 2 aliphatic rings. The first-order valence-corrected chi connectivity index (χ1v) is 7.66. The molecule has 2 atom stereocenters. The molecule has 0 N–H and O–H groups in total. The zero-order valence-corrected chi connectivity index (χ0v) is 12.6. The van der Waals surface area contributed by atoms with Crippen molar-refractivity contribution in [2.24, 2.45) is 11.3 Å². The van der Waals surface area contributed by atoms with Crippen molar-refractivity contribution in [3.63, 3.8) is 0 Å². The van der Waals surface area contributed by atoms with Gasteiger partial charge in [-0.05, 0) is 30.3 Å². The highest BCUT2D eigenvalue weighted by molar-refractivity contribution is 7.10. The van der Waals surface area contributed by atoms with Crippen LogP contribution in [-0.2, 0) is 9.53 Å². The zero-order valence-electron chi connectivity index (χ0n) is 11.1. The van der Waals surface area contributed by atoms with E-state index < -0.39 is 5.41 Å². The molecule has 2 heterocycles. The smallest absolute Gasteiger partial charge is 0.313 e. The molecule has 1 aromatic heterocycles. The van der Waals surface area contributed by atoms with Crippen molar-refractivity contribution in [1.82, 2.24) is 4.37 Å². The van der Waals surface area contributed by atoms with Gasteiger partial charge in [0.05, 0.1) is 12.5 Å². The molecular formula is C13H14ClN3O2S. The Kier molecular flexibility index (Phi) is 3.35. The Labute approximate surface area is 126 Å². The number of hydrogen-bond acceptors (Lipinski definition) is 6. The second kappa shape index (κ2) is 4.90. The Bertz CT molecular complexity index is 597. The maximum absolute atomic E-state index is 12.2. The highest BCUT2D eigenvalue weighted by Gasteiger charge is 2.56. The van der Waals surface area contributed by atoms with Gasteiger partial charge in [0, 0.05) is 13.1 Å². The zero-order chi connectivity index (χ0) is 14.3. The first kappa shape index (κ1) is 13.7. The number of nitrogens with zero attached hydrogens (tertiary/aromatic N) is 3. The van der Waals surface area contributed by atoms with Gasteiger partial charge in [-0.3, -0.25) is 4.79 Å². The van der Waals surface area contributed by atoms with Crippen molar-refractivity contribution in [2.75, 3.05) is 25.1 Å². The molecule has 0 spiro atoms. The highest BCUT2D eigenvalue weighted by Crippen LogP contribution is 2.51. The van der Waals surface area contributed by atoms with Crippen molar-refractivity contribution in [3.8, 4) is 6.07 Å². The van der Waals surface area contributed by atoms with E-state index in [1.165, 1.54) is 18.6 Å². The van der Waals surface area contributed by atoms with Crippen molar-refractivity contribution < 1.29 is 9.53 Å². The quantitative estimate of drug-likeness (QED) is 0.785. The third-order valence-electron chi connectivity index (χ3n) is 4.49. The van der Waals surface area contributed by atoms with Crippen LogP contribution >= 0.6 is 23.1 Å². The molecule has 2 unspecified atom stereocenters. The maximum Gasteiger partial charge on any atom is 0.313 e. The summed E-state index contributed by atoms with van der Waals surface area (Å²) in [6.07, 6.45) is 2.94. The van der Waals surface area contributed by atoms with E-state index in [4.69, 9.17) is 16.3 Å². The molecular weight excluding hydrogens is 298 g/mol. The second-order valence-electron chi connectivity index (χ2n) is 5.38. The van der Waals surface area contributed by atoms with Crippen LogP contribution in [0.1, 0.15) is 24.8 Å². The largest absolute Gasteiger partial charge is 0.469 e. The number of carbonyl (C=O) groups excluding carboxylic acids is 1. The van der Waals surface area contributed by atoms with E-state index in [-0.39, 0.29) is 11.1 Å². The third-order valence-corrected chi connectivity index (χ3v) is 5.78. The van der Waals surface area contributed by atoms with Gasteiger partial charge in [-0.2, -0.15) is 9.64 Å². The topological polar surface area (TPSA) is 66.2 Å². The van der Waals surface area contributed by atoms with E-state index in [0.29, 0.717) is 18.0 Å². The molecule has 0 aromatic carbocycles. The molecule has 5 nitrogen and oxygen atoms in total. The van der Waals surface area contributed by atoms with Crippen LogP contribution in [0, 0.1) is 22.7 Å². The Hall–Kier alpha value is -1.32. The lowest BCUT2D eigenvalue weighted by Crippen LogP contribution is -2.36. The van der Waals surface area contributed by atoms with Crippen LogP contribution < -0.4 is 4.90 Å². The maximum atomic E-state index is 12.2. The molecule has 0 amide bonds. The molecule has 0 bridgehead atoms. The summed E-state index contributed by atoms with van der Waals surface area (Å²) in [4.78, 5) is 14.3. The molecule has 3 rings (SSSR count). The summed E-state index contributed by atoms with van der Waals surface area (Å²) in [5.74, 6) is 0.166. The minimum absolute atomic E-state index is 0.128. The van der Waals surface area contributed by atoms with Crippen LogP contribution in [0.4, 0.5) is 5.00 Å². The fourth-order valence-electron chi connectivity index (χ4n) is 3.55. The number of anilines is 1. The minimum Gasteiger partial charge on any atom is -0.469 e. The lowest BCUT2D eigenvalue weighted by atomic mass is 9.81. The first-order chi connectivity index (χ1) is 9.62. The summed E-state index contributed by atoms with van der Waals surface area (Å²) in [6.45, 7) is 1.36. The molecule has 2 fully saturated rings. The normalized spacial score (nSPS) is 28.2. The summed E-state index contributed by atoms with van der Waals surface area (Å²) in [5.41, 5.74) is -0.00514. The average molecular weight is 312 g/mol. The Morgan fingerprint density at radius 1 is 1.70 bits per heavy atom. The number of esters is 1.